The first-order valence-electron chi connectivity index (χ1n) is 10.1. The Morgan fingerprint density at radius 1 is 1.07 bits per heavy atom. The van der Waals surface area contributed by atoms with Crippen LogP contribution in [0.1, 0.15) is 17.0 Å². The lowest BCUT2D eigenvalue weighted by Gasteiger charge is -2.09. The summed E-state index contributed by atoms with van der Waals surface area (Å²) in [5, 5.41) is 8.74. The first-order valence-corrected chi connectivity index (χ1v) is 10.1. The molecule has 1 N–H and O–H groups in total. The van der Waals surface area contributed by atoms with Gasteiger partial charge in [-0.3, -0.25) is 4.79 Å². The zero-order valence-corrected chi connectivity index (χ0v) is 17.6. The van der Waals surface area contributed by atoms with E-state index in [-0.39, 0.29) is 5.91 Å². The number of para-hydroxylation sites is 1. The molecule has 0 atom stereocenters. The second-order valence-corrected chi connectivity index (χ2v) is 7.33. The van der Waals surface area contributed by atoms with Gasteiger partial charge in [0.1, 0.15) is 5.75 Å². The molecule has 1 amide bonds. The molecule has 6 heteroatoms. The summed E-state index contributed by atoms with van der Waals surface area (Å²) in [4.78, 5) is 12.6. The van der Waals surface area contributed by atoms with Gasteiger partial charge in [0.15, 0.2) is 0 Å². The van der Waals surface area contributed by atoms with Gasteiger partial charge >= 0.3 is 0 Å². The van der Waals surface area contributed by atoms with Crippen LogP contribution in [0.25, 0.3) is 16.6 Å². The van der Waals surface area contributed by atoms with E-state index in [9.17, 15) is 4.79 Å². The van der Waals surface area contributed by atoms with Gasteiger partial charge in [0, 0.05) is 35.9 Å². The van der Waals surface area contributed by atoms with Gasteiger partial charge in [-0.05, 0) is 44.2 Å². The maximum Gasteiger partial charge on any atom is 0.224 e. The molecule has 4 aromatic rings. The van der Waals surface area contributed by atoms with E-state index in [1.54, 1.807) is 7.11 Å². The minimum Gasteiger partial charge on any atom is -0.496 e. The van der Waals surface area contributed by atoms with Gasteiger partial charge in [0.2, 0.25) is 5.91 Å². The lowest BCUT2D eigenvalue weighted by Crippen LogP contribution is -2.28. The van der Waals surface area contributed by atoms with Crippen LogP contribution in [-0.4, -0.2) is 33.9 Å². The molecule has 2 aromatic heterocycles. The molecule has 0 aliphatic carbocycles. The summed E-state index contributed by atoms with van der Waals surface area (Å²) in [5.74, 6) is 0.861. The van der Waals surface area contributed by atoms with Gasteiger partial charge in [0.05, 0.1) is 30.4 Å². The highest BCUT2D eigenvalue weighted by Gasteiger charge is 2.16. The van der Waals surface area contributed by atoms with Crippen LogP contribution in [0.4, 0.5) is 0 Å². The standard InChI is InChI=1S/C24H26N4O2/c1-17-21(18(2)28(26-17)19-8-5-4-6-9-19)16-24(29)25-13-15-27-14-12-20-22(27)10-7-11-23(20)30-3/h4-12,14H,13,15-16H2,1-3H3,(H,25,29). The Kier molecular flexibility index (Phi) is 5.57. The number of methoxy groups -OCH3 is 1. The fourth-order valence-corrected chi connectivity index (χ4v) is 3.86. The summed E-state index contributed by atoms with van der Waals surface area (Å²) in [6.45, 7) is 5.22. The molecule has 0 aliphatic heterocycles. The monoisotopic (exact) mass is 402 g/mol. The first kappa shape index (κ1) is 19.8. The Hall–Kier alpha value is -3.54. The molecule has 0 spiro atoms. The molecule has 4 rings (SSSR count). The Morgan fingerprint density at radius 3 is 2.63 bits per heavy atom. The van der Waals surface area contributed by atoms with Crippen LogP contribution in [0.15, 0.2) is 60.8 Å². The zero-order valence-electron chi connectivity index (χ0n) is 17.6. The minimum atomic E-state index is 0.00264. The number of fused-ring (bicyclic) bond motifs is 1. The topological polar surface area (TPSA) is 61.1 Å². The summed E-state index contributed by atoms with van der Waals surface area (Å²) < 4.78 is 9.44. The van der Waals surface area contributed by atoms with E-state index in [1.807, 2.05) is 73.3 Å². The first-order chi connectivity index (χ1) is 14.6. The molecule has 2 heterocycles. The van der Waals surface area contributed by atoms with Crippen LogP contribution in [0.5, 0.6) is 5.75 Å². The third-order valence-corrected chi connectivity index (χ3v) is 5.45. The highest BCUT2D eigenvalue weighted by atomic mass is 16.5. The van der Waals surface area contributed by atoms with Crippen molar-refractivity contribution in [3.8, 4) is 11.4 Å². The largest absolute Gasteiger partial charge is 0.496 e. The summed E-state index contributed by atoms with van der Waals surface area (Å²) in [6, 6.07) is 18.0. The molecule has 0 radical (unpaired) electrons. The van der Waals surface area contributed by atoms with Crippen molar-refractivity contribution in [2.45, 2.75) is 26.8 Å². The van der Waals surface area contributed by atoms with E-state index in [0.29, 0.717) is 19.5 Å². The molecule has 0 fully saturated rings. The molecule has 0 saturated heterocycles. The van der Waals surface area contributed by atoms with Gasteiger partial charge in [-0.15, -0.1) is 0 Å². The average molecular weight is 402 g/mol. The number of aromatic nitrogens is 3. The molecule has 0 saturated carbocycles. The molecular formula is C24H26N4O2. The van der Waals surface area contributed by atoms with Crippen molar-refractivity contribution < 1.29 is 9.53 Å². The molecule has 0 unspecified atom stereocenters. The average Bonchev–Trinajstić information content (AvgIpc) is 3.30. The summed E-state index contributed by atoms with van der Waals surface area (Å²) in [5.41, 5.74) is 4.96. The van der Waals surface area contributed by atoms with Crippen molar-refractivity contribution in [1.82, 2.24) is 19.7 Å². The van der Waals surface area contributed by atoms with Crippen molar-refractivity contribution in [3.05, 3.63) is 77.7 Å². The molecule has 0 aliphatic rings. The second kappa shape index (κ2) is 8.45. The highest BCUT2D eigenvalue weighted by molar-refractivity contribution is 5.86. The molecule has 2 aromatic carbocycles. The zero-order chi connectivity index (χ0) is 21.1. The van der Waals surface area contributed by atoms with Crippen molar-refractivity contribution in [3.63, 3.8) is 0 Å². The van der Waals surface area contributed by atoms with Gasteiger partial charge < -0.3 is 14.6 Å². The number of hydrogen-bond donors (Lipinski definition) is 1. The van der Waals surface area contributed by atoms with Crippen LogP contribution in [0, 0.1) is 13.8 Å². The van der Waals surface area contributed by atoms with E-state index in [1.165, 1.54) is 0 Å². The van der Waals surface area contributed by atoms with Crippen molar-refractivity contribution in [2.24, 2.45) is 0 Å². The maximum absolute atomic E-state index is 12.6. The lowest BCUT2D eigenvalue weighted by molar-refractivity contribution is -0.120. The van der Waals surface area contributed by atoms with E-state index in [2.05, 4.69) is 21.0 Å². The number of nitrogens with one attached hydrogen (secondary N) is 1. The van der Waals surface area contributed by atoms with E-state index in [0.717, 1.165) is 39.3 Å². The number of nitrogens with zero attached hydrogens (tertiary/aromatic N) is 3. The number of hydrogen-bond acceptors (Lipinski definition) is 3. The highest BCUT2D eigenvalue weighted by Crippen LogP contribution is 2.26. The number of ether oxygens (including phenoxy) is 1. The van der Waals surface area contributed by atoms with Crippen molar-refractivity contribution in [2.75, 3.05) is 13.7 Å². The summed E-state index contributed by atoms with van der Waals surface area (Å²) >= 11 is 0. The van der Waals surface area contributed by atoms with Gasteiger partial charge in [-0.2, -0.15) is 5.10 Å². The number of rotatable bonds is 7. The van der Waals surface area contributed by atoms with Crippen molar-refractivity contribution >= 4 is 16.8 Å². The van der Waals surface area contributed by atoms with E-state index < -0.39 is 0 Å². The third-order valence-electron chi connectivity index (χ3n) is 5.45. The number of carbonyl (C=O) groups is 1. The fraction of sp³-hybridized carbons (Fsp3) is 0.250. The third kappa shape index (κ3) is 3.81. The SMILES string of the molecule is COc1cccc2c1ccn2CCNC(=O)Cc1c(C)nn(-c2ccccc2)c1C. The maximum atomic E-state index is 12.6. The molecular weight excluding hydrogens is 376 g/mol. The molecule has 6 nitrogen and oxygen atoms in total. The lowest BCUT2D eigenvalue weighted by atomic mass is 10.1. The van der Waals surface area contributed by atoms with Crippen LogP contribution < -0.4 is 10.1 Å². The van der Waals surface area contributed by atoms with Gasteiger partial charge in [-0.25, -0.2) is 4.68 Å². The Balaban J connectivity index is 1.40. The summed E-state index contributed by atoms with van der Waals surface area (Å²) in [7, 11) is 1.68. The fourth-order valence-electron chi connectivity index (χ4n) is 3.86. The molecule has 30 heavy (non-hydrogen) atoms. The van der Waals surface area contributed by atoms with Gasteiger partial charge in [-0.1, -0.05) is 24.3 Å². The predicted octanol–water partition coefficient (Wildman–Crippen LogP) is 3.81. The molecule has 154 valence electrons. The smallest absolute Gasteiger partial charge is 0.224 e. The Labute approximate surface area is 176 Å². The molecule has 0 bridgehead atoms. The van der Waals surface area contributed by atoms with Gasteiger partial charge in [0.25, 0.3) is 0 Å². The summed E-state index contributed by atoms with van der Waals surface area (Å²) in [6.07, 6.45) is 2.35. The predicted molar refractivity (Wildman–Crippen MR) is 118 cm³/mol. The number of aryl methyl sites for hydroxylation is 1. The van der Waals surface area contributed by atoms with E-state index >= 15 is 0 Å². The number of amides is 1. The van der Waals surface area contributed by atoms with Crippen molar-refractivity contribution in [1.29, 1.82) is 0 Å². The second-order valence-electron chi connectivity index (χ2n) is 7.33. The van der Waals surface area contributed by atoms with Crippen LogP contribution >= 0.6 is 0 Å². The van der Waals surface area contributed by atoms with Crippen LogP contribution in [0.2, 0.25) is 0 Å². The normalized spacial score (nSPS) is 11.0. The van der Waals surface area contributed by atoms with Crippen LogP contribution in [0.3, 0.4) is 0 Å². The van der Waals surface area contributed by atoms with E-state index in [4.69, 9.17) is 4.74 Å². The number of carbonyl (C=O) groups excluding carboxylic acids is 1. The Bertz CT molecular complexity index is 1170. The number of benzene rings is 2. The Morgan fingerprint density at radius 2 is 1.87 bits per heavy atom. The van der Waals surface area contributed by atoms with Crippen LogP contribution in [-0.2, 0) is 17.8 Å². The minimum absolute atomic E-state index is 0.00264. The quantitative estimate of drug-likeness (QED) is 0.511.